The summed E-state index contributed by atoms with van der Waals surface area (Å²) in [6.45, 7) is 7.14. The molecule has 0 spiro atoms. The fourth-order valence-corrected chi connectivity index (χ4v) is 3.29. The van der Waals surface area contributed by atoms with Crippen LogP contribution in [0, 0.1) is 19.7 Å². The molecule has 1 aromatic carbocycles. The van der Waals surface area contributed by atoms with Crippen LogP contribution in [0.5, 0.6) is 5.75 Å². The van der Waals surface area contributed by atoms with Gasteiger partial charge >= 0.3 is 0 Å². The molecule has 1 amide bonds. The van der Waals surface area contributed by atoms with Crippen molar-refractivity contribution < 1.29 is 18.3 Å². The summed E-state index contributed by atoms with van der Waals surface area (Å²) < 4.78 is 26.5. The van der Waals surface area contributed by atoms with Crippen LogP contribution in [0.4, 0.5) is 10.1 Å². The number of nitrogens with zero attached hydrogens (tertiary/aromatic N) is 4. The molecule has 0 aliphatic carbocycles. The molecule has 8 nitrogen and oxygen atoms in total. The van der Waals surface area contributed by atoms with Crippen molar-refractivity contribution in [2.24, 2.45) is 7.05 Å². The van der Waals surface area contributed by atoms with Crippen LogP contribution in [0.1, 0.15) is 37.2 Å². The number of thioether (sulfide) groups is 1. The molecule has 0 saturated carbocycles. The van der Waals surface area contributed by atoms with Crippen LogP contribution in [0.2, 0.25) is 0 Å². The minimum absolute atomic E-state index is 0.0994. The molecule has 0 unspecified atom stereocenters. The summed E-state index contributed by atoms with van der Waals surface area (Å²) in [4.78, 5) is 12.5. The largest absolute Gasteiger partial charge is 0.478 e. The highest BCUT2D eigenvalue weighted by Crippen LogP contribution is 2.28. The fourth-order valence-electron chi connectivity index (χ4n) is 2.60. The maximum absolute atomic E-state index is 13.7. The number of benzene rings is 1. The fraction of sp³-hybridized carbons (Fsp3) is 0.368. The summed E-state index contributed by atoms with van der Waals surface area (Å²) in [6.07, 6.45) is -0.640. The molecule has 10 heteroatoms. The zero-order chi connectivity index (χ0) is 21.1. The van der Waals surface area contributed by atoms with E-state index in [2.05, 4.69) is 20.6 Å². The Bertz CT molecular complexity index is 1020. The van der Waals surface area contributed by atoms with Gasteiger partial charge in [-0.25, -0.2) is 4.39 Å². The van der Waals surface area contributed by atoms with Crippen LogP contribution >= 0.6 is 11.8 Å². The Hall–Kier alpha value is -2.88. The average Bonchev–Trinajstić information content (AvgIpc) is 3.23. The maximum Gasteiger partial charge on any atom is 0.277 e. The molecule has 2 aromatic heterocycles. The van der Waals surface area contributed by atoms with Crippen LogP contribution in [-0.4, -0.2) is 31.1 Å². The smallest absolute Gasteiger partial charge is 0.277 e. The predicted molar refractivity (Wildman–Crippen MR) is 106 cm³/mol. The van der Waals surface area contributed by atoms with Crippen LogP contribution in [0.25, 0.3) is 0 Å². The lowest BCUT2D eigenvalue weighted by atomic mass is 10.3. The number of para-hydroxylation sites is 1. The topological polar surface area (TPSA) is 95.1 Å². The molecule has 3 aromatic rings. The first kappa shape index (κ1) is 20.8. The molecule has 2 heterocycles. The van der Waals surface area contributed by atoms with Crippen LogP contribution in [0.3, 0.4) is 0 Å². The molecule has 154 valence electrons. The summed E-state index contributed by atoms with van der Waals surface area (Å²) in [5, 5.41) is 14.8. The van der Waals surface area contributed by atoms with Gasteiger partial charge in [0.2, 0.25) is 5.91 Å². The van der Waals surface area contributed by atoms with Crippen molar-refractivity contribution in [2.75, 3.05) is 5.32 Å². The van der Waals surface area contributed by atoms with E-state index < -0.39 is 17.2 Å². The van der Waals surface area contributed by atoms with Crippen molar-refractivity contribution in [3.05, 3.63) is 47.4 Å². The van der Waals surface area contributed by atoms with E-state index in [1.807, 2.05) is 20.9 Å². The number of carbonyl (C=O) groups is 1. The molecule has 0 saturated heterocycles. The number of aromatic nitrogens is 4. The molecule has 0 radical (unpaired) electrons. The number of rotatable bonds is 7. The lowest BCUT2D eigenvalue weighted by Gasteiger charge is -2.11. The average molecular weight is 419 g/mol. The van der Waals surface area contributed by atoms with E-state index in [4.69, 9.17) is 9.15 Å². The lowest BCUT2D eigenvalue weighted by Crippen LogP contribution is -2.23. The third-order valence-electron chi connectivity index (χ3n) is 4.31. The van der Waals surface area contributed by atoms with Crippen molar-refractivity contribution >= 4 is 23.4 Å². The Morgan fingerprint density at radius 1 is 1.28 bits per heavy atom. The Balaban J connectivity index is 1.61. The first-order valence-corrected chi connectivity index (χ1v) is 9.86. The number of hydrogen-bond donors (Lipinski definition) is 1. The number of halogens is 1. The summed E-state index contributed by atoms with van der Waals surface area (Å²) in [5.41, 5.74) is 2.31. The zero-order valence-corrected chi connectivity index (χ0v) is 17.6. The van der Waals surface area contributed by atoms with Crippen LogP contribution < -0.4 is 10.1 Å². The van der Waals surface area contributed by atoms with Crippen LogP contribution in [0.15, 0.2) is 33.9 Å². The molecular formula is C19H22FN5O3S. The van der Waals surface area contributed by atoms with E-state index in [1.54, 1.807) is 30.7 Å². The van der Waals surface area contributed by atoms with E-state index in [0.717, 1.165) is 23.1 Å². The summed E-state index contributed by atoms with van der Waals surface area (Å²) in [6, 6.07) is 6.08. The third-order valence-corrected chi connectivity index (χ3v) is 5.25. The Kier molecular flexibility index (Phi) is 6.21. The molecule has 2 atom stereocenters. The number of amides is 1. The van der Waals surface area contributed by atoms with E-state index in [0.29, 0.717) is 5.69 Å². The standard InChI is InChI=1S/C19H22FN5O3S/c1-10-16(11(2)25(5)24-10)21-17(26)13(4)29-19-23-22-18(28-19)12(3)27-15-9-7-6-8-14(15)20/h6-9,12-13H,1-5H3,(H,21,26)/t12-,13-/m0/s1. The second kappa shape index (κ2) is 8.64. The molecule has 0 bridgehead atoms. The number of carbonyl (C=O) groups excluding carboxylic acids is 1. The quantitative estimate of drug-likeness (QED) is 0.582. The van der Waals surface area contributed by atoms with Crippen LogP contribution in [-0.2, 0) is 11.8 Å². The van der Waals surface area contributed by atoms with Gasteiger partial charge in [-0.2, -0.15) is 5.10 Å². The minimum atomic E-state index is -0.640. The van der Waals surface area contributed by atoms with E-state index in [1.165, 1.54) is 12.1 Å². The molecule has 0 fully saturated rings. The Labute approximate surface area is 171 Å². The second-order valence-corrected chi connectivity index (χ2v) is 7.81. The zero-order valence-electron chi connectivity index (χ0n) is 16.8. The highest BCUT2D eigenvalue weighted by atomic mass is 32.2. The van der Waals surface area contributed by atoms with E-state index >= 15 is 0 Å². The Morgan fingerprint density at radius 2 is 2.00 bits per heavy atom. The number of ether oxygens (including phenoxy) is 1. The van der Waals surface area contributed by atoms with Gasteiger partial charge < -0.3 is 14.5 Å². The van der Waals surface area contributed by atoms with Gasteiger partial charge in [-0.3, -0.25) is 9.48 Å². The number of anilines is 1. The number of nitrogens with one attached hydrogen (secondary N) is 1. The number of aryl methyl sites for hydroxylation is 2. The molecule has 1 N–H and O–H groups in total. The molecule has 0 aliphatic heterocycles. The van der Waals surface area contributed by atoms with Crippen molar-refractivity contribution in [1.82, 2.24) is 20.0 Å². The van der Waals surface area contributed by atoms with Gasteiger partial charge in [0.25, 0.3) is 11.1 Å². The first-order chi connectivity index (χ1) is 13.8. The van der Waals surface area contributed by atoms with Gasteiger partial charge in [0.05, 0.1) is 22.3 Å². The number of hydrogen-bond acceptors (Lipinski definition) is 7. The van der Waals surface area contributed by atoms with Crippen molar-refractivity contribution in [1.29, 1.82) is 0 Å². The van der Waals surface area contributed by atoms with Crippen molar-refractivity contribution in [3.63, 3.8) is 0 Å². The van der Waals surface area contributed by atoms with Crippen molar-refractivity contribution in [2.45, 2.75) is 44.3 Å². The van der Waals surface area contributed by atoms with Gasteiger partial charge in [0.1, 0.15) is 0 Å². The normalized spacial score (nSPS) is 13.2. The van der Waals surface area contributed by atoms with Gasteiger partial charge in [0.15, 0.2) is 17.7 Å². The minimum Gasteiger partial charge on any atom is -0.478 e. The van der Waals surface area contributed by atoms with Gasteiger partial charge in [-0.05, 0) is 39.8 Å². The Morgan fingerprint density at radius 3 is 2.66 bits per heavy atom. The molecule has 3 rings (SSSR count). The third kappa shape index (κ3) is 4.76. The van der Waals surface area contributed by atoms with E-state index in [9.17, 15) is 9.18 Å². The van der Waals surface area contributed by atoms with Gasteiger partial charge in [0, 0.05) is 7.05 Å². The van der Waals surface area contributed by atoms with Gasteiger partial charge in [-0.1, -0.05) is 23.9 Å². The lowest BCUT2D eigenvalue weighted by molar-refractivity contribution is -0.115. The first-order valence-electron chi connectivity index (χ1n) is 8.98. The van der Waals surface area contributed by atoms with E-state index in [-0.39, 0.29) is 22.8 Å². The van der Waals surface area contributed by atoms with Gasteiger partial charge in [-0.15, -0.1) is 10.2 Å². The highest BCUT2D eigenvalue weighted by Gasteiger charge is 2.23. The highest BCUT2D eigenvalue weighted by molar-refractivity contribution is 8.00. The summed E-state index contributed by atoms with van der Waals surface area (Å²) in [7, 11) is 1.82. The summed E-state index contributed by atoms with van der Waals surface area (Å²) in [5.74, 6) is -0.381. The molecule has 29 heavy (non-hydrogen) atoms. The second-order valence-electron chi connectivity index (χ2n) is 6.52. The summed E-state index contributed by atoms with van der Waals surface area (Å²) >= 11 is 1.13. The molecular weight excluding hydrogens is 397 g/mol. The monoisotopic (exact) mass is 419 g/mol. The SMILES string of the molecule is Cc1nn(C)c(C)c1NC(=O)[C@H](C)Sc1nnc([C@H](C)Oc2ccccc2F)o1. The molecule has 0 aliphatic rings. The maximum atomic E-state index is 13.7. The van der Waals surface area contributed by atoms with Crippen molar-refractivity contribution in [3.8, 4) is 5.75 Å². The predicted octanol–water partition coefficient (Wildman–Crippen LogP) is 3.82.